The molecule has 1 aliphatic heterocycles. The number of methoxy groups -OCH3 is 1. The molecular formula is C23H23N3O4. The van der Waals surface area contributed by atoms with Gasteiger partial charge in [0.2, 0.25) is 11.8 Å². The number of fused-ring (bicyclic) bond motifs is 1. The number of benzene rings is 2. The van der Waals surface area contributed by atoms with E-state index in [1.54, 1.807) is 24.1 Å². The minimum Gasteiger partial charge on any atom is -0.497 e. The normalized spacial score (nSPS) is 16.1. The van der Waals surface area contributed by atoms with E-state index in [2.05, 4.69) is 5.32 Å². The van der Waals surface area contributed by atoms with Gasteiger partial charge in [0.1, 0.15) is 12.3 Å². The molecule has 7 heteroatoms. The number of ether oxygens (including phenoxy) is 1. The smallest absolute Gasteiger partial charge is 0.251 e. The van der Waals surface area contributed by atoms with Crippen LogP contribution in [0.25, 0.3) is 10.9 Å². The number of aryl methyl sites for hydroxylation is 1. The molecular weight excluding hydrogens is 382 g/mol. The number of amides is 2. The van der Waals surface area contributed by atoms with Gasteiger partial charge in [-0.1, -0.05) is 24.3 Å². The van der Waals surface area contributed by atoms with Crippen molar-refractivity contribution < 1.29 is 14.3 Å². The van der Waals surface area contributed by atoms with Crippen LogP contribution in [0, 0.1) is 6.92 Å². The Morgan fingerprint density at radius 1 is 1.13 bits per heavy atom. The zero-order chi connectivity index (χ0) is 21.3. The first-order chi connectivity index (χ1) is 14.5. The van der Waals surface area contributed by atoms with Gasteiger partial charge >= 0.3 is 0 Å². The molecule has 1 saturated heterocycles. The van der Waals surface area contributed by atoms with Crippen LogP contribution in [0.3, 0.4) is 0 Å². The van der Waals surface area contributed by atoms with Crippen LogP contribution in [0.1, 0.15) is 12.0 Å². The molecule has 2 aromatic carbocycles. The lowest BCUT2D eigenvalue weighted by molar-refractivity contribution is -0.122. The number of rotatable bonds is 5. The van der Waals surface area contributed by atoms with Crippen molar-refractivity contribution in [2.45, 2.75) is 25.9 Å². The highest BCUT2D eigenvalue weighted by Gasteiger charge is 2.31. The second-order valence-electron chi connectivity index (χ2n) is 7.44. The fraction of sp³-hybridized carbons (Fsp3) is 0.261. The minimum absolute atomic E-state index is 0.0634. The van der Waals surface area contributed by atoms with Crippen molar-refractivity contribution in [1.82, 2.24) is 9.88 Å². The quantitative estimate of drug-likeness (QED) is 0.706. The zero-order valence-corrected chi connectivity index (χ0v) is 16.9. The minimum atomic E-state index is -0.316. The number of aromatic nitrogens is 1. The molecule has 0 saturated carbocycles. The number of nitrogens with zero attached hydrogens (tertiary/aromatic N) is 2. The topological polar surface area (TPSA) is 80.6 Å². The largest absolute Gasteiger partial charge is 0.497 e. The second-order valence-corrected chi connectivity index (χ2v) is 7.44. The molecule has 1 N–H and O–H groups in total. The Labute approximate surface area is 173 Å². The van der Waals surface area contributed by atoms with Crippen LogP contribution in [-0.4, -0.2) is 36.1 Å². The van der Waals surface area contributed by atoms with E-state index in [0.29, 0.717) is 12.3 Å². The average molecular weight is 405 g/mol. The molecule has 154 valence electrons. The highest BCUT2D eigenvalue weighted by Crippen LogP contribution is 2.25. The molecule has 4 rings (SSSR count). The summed E-state index contributed by atoms with van der Waals surface area (Å²) in [5.74, 6) is 0.307. The predicted octanol–water partition coefficient (Wildman–Crippen LogP) is 2.24. The summed E-state index contributed by atoms with van der Waals surface area (Å²) < 4.78 is 6.69. The summed E-state index contributed by atoms with van der Waals surface area (Å²) in [6, 6.07) is 16.0. The van der Waals surface area contributed by atoms with E-state index in [9.17, 15) is 14.4 Å². The summed E-state index contributed by atoms with van der Waals surface area (Å²) in [7, 11) is 1.57. The zero-order valence-electron chi connectivity index (χ0n) is 16.9. The van der Waals surface area contributed by atoms with Crippen LogP contribution in [0.2, 0.25) is 0 Å². The van der Waals surface area contributed by atoms with Gasteiger partial charge in [-0.25, -0.2) is 0 Å². The fourth-order valence-corrected chi connectivity index (χ4v) is 3.91. The maximum absolute atomic E-state index is 12.7. The van der Waals surface area contributed by atoms with E-state index in [1.807, 2.05) is 49.4 Å². The lowest BCUT2D eigenvalue weighted by Crippen LogP contribution is -2.40. The number of carbonyl (C=O) groups is 2. The van der Waals surface area contributed by atoms with Gasteiger partial charge in [-0.15, -0.1) is 0 Å². The Morgan fingerprint density at radius 3 is 2.73 bits per heavy atom. The second kappa shape index (κ2) is 8.02. The van der Waals surface area contributed by atoms with Crippen LogP contribution < -0.4 is 20.5 Å². The van der Waals surface area contributed by atoms with E-state index in [1.165, 1.54) is 4.57 Å². The monoisotopic (exact) mass is 405 g/mol. The van der Waals surface area contributed by atoms with E-state index >= 15 is 0 Å². The molecule has 3 aromatic rings. The number of hydrogen-bond donors (Lipinski definition) is 1. The van der Waals surface area contributed by atoms with Crippen molar-refractivity contribution in [2.75, 3.05) is 18.6 Å². The number of pyridine rings is 1. The van der Waals surface area contributed by atoms with Gasteiger partial charge in [0, 0.05) is 36.2 Å². The SMILES string of the molecule is COc1cccc(N2CC(NC(=O)Cn3c(=O)cc(C)c4ccccc43)CC2=O)c1. The molecule has 7 nitrogen and oxygen atoms in total. The molecule has 2 amide bonds. The first kappa shape index (κ1) is 19.7. The van der Waals surface area contributed by atoms with Gasteiger partial charge in [-0.3, -0.25) is 19.0 Å². The first-order valence-corrected chi connectivity index (χ1v) is 9.79. The summed E-state index contributed by atoms with van der Waals surface area (Å²) in [4.78, 5) is 39.3. The third-order valence-electron chi connectivity index (χ3n) is 5.38. The summed E-state index contributed by atoms with van der Waals surface area (Å²) in [5.41, 5.74) is 2.11. The third kappa shape index (κ3) is 3.78. The predicted molar refractivity (Wildman–Crippen MR) is 115 cm³/mol. The molecule has 0 aliphatic carbocycles. The van der Waals surface area contributed by atoms with Crippen molar-refractivity contribution in [3.05, 3.63) is 70.5 Å². The van der Waals surface area contributed by atoms with Crippen molar-refractivity contribution >= 4 is 28.4 Å². The summed E-state index contributed by atoms with van der Waals surface area (Å²) in [6.07, 6.45) is 0.215. The van der Waals surface area contributed by atoms with Crippen LogP contribution in [0.5, 0.6) is 5.75 Å². The van der Waals surface area contributed by atoms with Gasteiger partial charge in [-0.05, 0) is 30.7 Å². The van der Waals surface area contributed by atoms with Crippen LogP contribution >= 0.6 is 0 Å². The van der Waals surface area contributed by atoms with Crippen LogP contribution in [-0.2, 0) is 16.1 Å². The van der Waals surface area contributed by atoms with Crippen molar-refractivity contribution in [3.8, 4) is 5.75 Å². The first-order valence-electron chi connectivity index (χ1n) is 9.79. The van der Waals surface area contributed by atoms with Gasteiger partial charge in [0.05, 0.1) is 18.7 Å². The number of nitrogens with one attached hydrogen (secondary N) is 1. The Kier molecular flexibility index (Phi) is 5.27. The number of anilines is 1. The van der Waals surface area contributed by atoms with Crippen molar-refractivity contribution in [1.29, 1.82) is 0 Å². The molecule has 1 atom stereocenters. The Morgan fingerprint density at radius 2 is 1.93 bits per heavy atom. The fourth-order valence-electron chi connectivity index (χ4n) is 3.91. The number of hydrogen-bond acceptors (Lipinski definition) is 4. The molecule has 1 fully saturated rings. The maximum atomic E-state index is 12.7. The average Bonchev–Trinajstić information content (AvgIpc) is 3.11. The summed E-state index contributed by atoms with van der Waals surface area (Å²) in [6.45, 7) is 2.16. The molecule has 2 heterocycles. The maximum Gasteiger partial charge on any atom is 0.251 e. The molecule has 1 aliphatic rings. The highest BCUT2D eigenvalue weighted by molar-refractivity contribution is 5.97. The lowest BCUT2D eigenvalue weighted by atomic mass is 10.1. The summed E-state index contributed by atoms with van der Waals surface area (Å²) in [5, 5.41) is 3.84. The van der Waals surface area contributed by atoms with Gasteiger partial charge in [-0.2, -0.15) is 0 Å². The molecule has 0 radical (unpaired) electrons. The standard InChI is InChI=1S/C23H23N3O4/c1-15-10-22(28)26(20-9-4-3-8-19(15)20)14-21(27)24-16-11-23(29)25(13-16)17-6-5-7-18(12-17)30-2/h3-10,12,16H,11,13-14H2,1-2H3,(H,24,27). The van der Waals surface area contributed by atoms with Gasteiger partial charge in [0.25, 0.3) is 5.56 Å². The molecule has 0 bridgehead atoms. The summed E-state index contributed by atoms with van der Waals surface area (Å²) >= 11 is 0. The Hall–Kier alpha value is -3.61. The molecule has 1 aromatic heterocycles. The van der Waals surface area contributed by atoms with Crippen molar-refractivity contribution in [2.24, 2.45) is 0 Å². The van der Waals surface area contributed by atoms with Crippen molar-refractivity contribution in [3.63, 3.8) is 0 Å². The number of carbonyl (C=O) groups excluding carboxylic acids is 2. The van der Waals surface area contributed by atoms with Gasteiger partial charge < -0.3 is 15.0 Å². The highest BCUT2D eigenvalue weighted by atomic mass is 16.5. The van der Waals surface area contributed by atoms with E-state index < -0.39 is 0 Å². The third-order valence-corrected chi connectivity index (χ3v) is 5.38. The van der Waals surface area contributed by atoms with Crippen LogP contribution in [0.4, 0.5) is 5.69 Å². The van der Waals surface area contributed by atoms with E-state index in [0.717, 1.165) is 22.2 Å². The van der Waals surface area contributed by atoms with Crippen LogP contribution in [0.15, 0.2) is 59.4 Å². The van der Waals surface area contributed by atoms with E-state index in [4.69, 9.17) is 4.74 Å². The molecule has 0 spiro atoms. The Balaban J connectivity index is 1.49. The molecule has 1 unspecified atom stereocenters. The number of para-hydroxylation sites is 1. The Bertz CT molecular complexity index is 1180. The molecule has 30 heavy (non-hydrogen) atoms. The van der Waals surface area contributed by atoms with E-state index in [-0.39, 0.29) is 36.4 Å². The lowest BCUT2D eigenvalue weighted by Gasteiger charge is -2.18. The van der Waals surface area contributed by atoms with Gasteiger partial charge in [0.15, 0.2) is 0 Å².